The summed E-state index contributed by atoms with van der Waals surface area (Å²) in [6.45, 7) is 2.05. The number of rotatable bonds is 7. The van der Waals surface area contributed by atoms with Crippen LogP contribution in [-0.4, -0.2) is 33.4 Å². The first-order valence-electron chi connectivity index (χ1n) is 11.0. The van der Waals surface area contributed by atoms with Crippen molar-refractivity contribution in [2.45, 2.75) is 18.5 Å². The van der Waals surface area contributed by atoms with E-state index in [-0.39, 0.29) is 11.7 Å². The Balaban J connectivity index is 1.36. The van der Waals surface area contributed by atoms with Gasteiger partial charge in [-0.25, -0.2) is 0 Å². The van der Waals surface area contributed by atoms with Crippen LogP contribution >= 0.6 is 11.8 Å². The van der Waals surface area contributed by atoms with Gasteiger partial charge in [-0.3, -0.25) is 9.20 Å². The number of aromatic nitrogens is 3. The number of thioether (sulfide) groups is 1. The van der Waals surface area contributed by atoms with E-state index in [9.17, 15) is 4.79 Å². The molecule has 0 spiro atoms. The van der Waals surface area contributed by atoms with Crippen molar-refractivity contribution < 1.29 is 9.53 Å². The van der Waals surface area contributed by atoms with E-state index in [2.05, 4.69) is 34.6 Å². The molecule has 0 fully saturated rings. The van der Waals surface area contributed by atoms with Crippen molar-refractivity contribution in [3.8, 4) is 5.75 Å². The summed E-state index contributed by atoms with van der Waals surface area (Å²) in [5, 5.41) is 13.5. The van der Waals surface area contributed by atoms with E-state index in [1.54, 1.807) is 7.11 Å². The Morgan fingerprint density at radius 3 is 2.62 bits per heavy atom. The number of hydrogen-bond acceptors (Lipinski definition) is 5. The Bertz CT molecular complexity index is 1480. The minimum Gasteiger partial charge on any atom is -0.497 e. The number of pyridine rings is 1. The van der Waals surface area contributed by atoms with E-state index >= 15 is 0 Å². The molecule has 34 heavy (non-hydrogen) atoms. The molecular formula is C27H24N4O2S. The summed E-state index contributed by atoms with van der Waals surface area (Å²) in [4.78, 5) is 12.9. The molecule has 0 bridgehead atoms. The van der Waals surface area contributed by atoms with Crippen LogP contribution in [0.5, 0.6) is 5.75 Å². The molecule has 2 aromatic heterocycles. The van der Waals surface area contributed by atoms with Crippen molar-refractivity contribution in [3.63, 3.8) is 0 Å². The highest BCUT2D eigenvalue weighted by Crippen LogP contribution is 2.29. The summed E-state index contributed by atoms with van der Waals surface area (Å²) >= 11 is 1.36. The van der Waals surface area contributed by atoms with Crippen LogP contribution in [0.3, 0.4) is 0 Å². The van der Waals surface area contributed by atoms with Crippen LogP contribution in [0.2, 0.25) is 0 Å². The van der Waals surface area contributed by atoms with Gasteiger partial charge in [0.2, 0.25) is 5.91 Å². The van der Waals surface area contributed by atoms with Crippen molar-refractivity contribution in [3.05, 3.63) is 95.6 Å². The molecule has 0 saturated heterocycles. The van der Waals surface area contributed by atoms with Crippen molar-refractivity contribution in [1.82, 2.24) is 14.6 Å². The predicted molar refractivity (Wildman–Crippen MR) is 137 cm³/mol. The molecule has 170 valence electrons. The number of methoxy groups -OCH3 is 1. The second kappa shape index (κ2) is 9.57. The highest BCUT2D eigenvalue weighted by atomic mass is 32.2. The van der Waals surface area contributed by atoms with Crippen LogP contribution in [0.1, 0.15) is 16.7 Å². The third kappa shape index (κ3) is 4.47. The number of nitrogens with zero attached hydrogens (tertiary/aromatic N) is 3. The lowest BCUT2D eigenvalue weighted by Gasteiger charge is -2.11. The number of carbonyl (C=O) groups is 1. The fourth-order valence-corrected chi connectivity index (χ4v) is 4.80. The van der Waals surface area contributed by atoms with Gasteiger partial charge in [0.15, 0.2) is 10.8 Å². The summed E-state index contributed by atoms with van der Waals surface area (Å²) in [6.07, 6.45) is 0.756. The molecule has 0 radical (unpaired) electrons. The maximum Gasteiger partial charge on any atom is 0.234 e. The first kappa shape index (κ1) is 22.0. The zero-order chi connectivity index (χ0) is 23.5. The van der Waals surface area contributed by atoms with Gasteiger partial charge < -0.3 is 10.1 Å². The van der Waals surface area contributed by atoms with Gasteiger partial charge in [0.25, 0.3) is 0 Å². The molecule has 0 unspecified atom stereocenters. The van der Waals surface area contributed by atoms with Crippen LogP contribution < -0.4 is 10.1 Å². The molecule has 0 aliphatic carbocycles. The van der Waals surface area contributed by atoms with E-state index in [1.165, 1.54) is 17.3 Å². The Morgan fingerprint density at radius 2 is 1.79 bits per heavy atom. The second-order valence-electron chi connectivity index (χ2n) is 8.04. The maximum atomic E-state index is 12.9. The molecule has 2 heterocycles. The summed E-state index contributed by atoms with van der Waals surface area (Å²) in [6, 6.07) is 26.1. The average Bonchev–Trinajstić information content (AvgIpc) is 3.27. The molecule has 6 nitrogen and oxygen atoms in total. The van der Waals surface area contributed by atoms with Crippen LogP contribution in [0, 0.1) is 6.92 Å². The smallest absolute Gasteiger partial charge is 0.234 e. The number of para-hydroxylation sites is 1. The van der Waals surface area contributed by atoms with Crippen LogP contribution in [-0.2, 0) is 11.2 Å². The Morgan fingerprint density at radius 1 is 1.00 bits per heavy atom. The highest BCUT2D eigenvalue weighted by Gasteiger charge is 2.15. The molecule has 1 N–H and O–H groups in total. The molecule has 0 saturated carbocycles. The number of amides is 1. The fourth-order valence-electron chi connectivity index (χ4n) is 4.05. The molecule has 0 atom stereocenters. The van der Waals surface area contributed by atoms with E-state index < -0.39 is 0 Å². The number of carbonyl (C=O) groups excluding carboxylic acids is 1. The molecule has 0 aliphatic heterocycles. The van der Waals surface area contributed by atoms with E-state index in [1.807, 2.05) is 71.1 Å². The van der Waals surface area contributed by atoms with Gasteiger partial charge in [-0.2, -0.15) is 0 Å². The molecule has 0 aliphatic rings. The van der Waals surface area contributed by atoms with Crippen LogP contribution in [0.25, 0.3) is 16.6 Å². The monoisotopic (exact) mass is 468 g/mol. The minimum atomic E-state index is -0.0868. The summed E-state index contributed by atoms with van der Waals surface area (Å²) in [5.41, 5.74) is 5.92. The van der Waals surface area contributed by atoms with Crippen LogP contribution in [0.15, 0.2) is 84.0 Å². The average molecular weight is 469 g/mol. The second-order valence-corrected chi connectivity index (χ2v) is 8.99. The highest BCUT2D eigenvalue weighted by molar-refractivity contribution is 7.99. The Labute approximate surface area is 202 Å². The fraction of sp³-hybridized carbons (Fsp3) is 0.148. The molecule has 3 aromatic carbocycles. The van der Waals surface area contributed by atoms with Crippen molar-refractivity contribution in [2.24, 2.45) is 0 Å². The lowest BCUT2D eigenvalue weighted by molar-refractivity contribution is -0.113. The lowest BCUT2D eigenvalue weighted by Crippen LogP contribution is -2.15. The molecular weight excluding hydrogens is 444 g/mol. The van der Waals surface area contributed by atoms with Gasteiger partial charge in [-0.1, -0.05) is 60.3 Å². The van der Waals surface area contributed by atoms with Gasteiger partial charge in [-0.05, 0) is 54.3 Å². The minimum absolute atomic E-state index is 0.0868. The normalized spacial score (nSPS) is 11.1. The van der Waals surface area contributed by atoms with E-state index in [4.69, 9.17) is 4.74 Å². The number of hydrogen-bond donors (Lipinski definition) is 1. The van der Waals surface area contributed by atoms with Crippen molar-refractivity contribution in [1.29, 1.82) is 0 Å². The number of anilines is 1. The topological polar surface area (TPSA) is 68.5 Å². The van der Waals surface area contributed by atoms with Gasteiger partial charge in [0.1, 0.15) is 5.75 Å². The summed E-state index contributed by atoms with van der Waals surface area (Å²) in [7, 11) is 1.65. The zero-order valence-electron chi connectivity index (χ0n) is 19.0. The van der Waals surface area contributed by atoms with Crippen molar-refractivity contribution in [2.75, 3.05) is 18.2 Å². The largest absolute Gasteiger partial charge is 0.497 e. The number of aryl methyl sites for hydroxylation is 1. The third-order valence-corrected chi connectivity index (χ3v) is 6.66. The first-order chi connectivity index (χ1) is 16.6. The van der Waals surface area contributed by atoms with Gasteiger partial charge in [0.05, 0.1) is 18.4 Å². The van der Waals surface area contributed by atoms with Gasteiger partial charge in [0, 0.05) is 17.1 Å². The van der Waals surface area contributed by atoms with Gasteiger partial charge in [-0.15, -0.1) is 10.2 Å². The molecule has 7 heteroatoms. The van der Waals surface area contributed by atoms with E-state index in [0.717, 1.165) is 45.5 Å². The third-order valence-electron chi connectivity index (χ3n) is 5.74. The van der Waals surface area contributed by atoms with Gasteiger partial charge >= 0.3 is 0 Å². The summed E-state index contributed by atoms with van der Waals surface area (Å²) < 4.78 is 7.40. The Kier molecular flexibility index (Phi) is 6.18. The number of fused-ring (bicyclic) bond motifs is 3. The Hall–Kier alpha value is -3.84. The quantitative estimate of drug-likeness (QED) is 0.319. The standard InChI is InChI=1S/C27H24N4O2S/c1-18-14-25-29-30-27(31(25)24-16-21(33-2)12-13-22(18)24)34-17-26(32)28-23-11-7-6-10-20(23)15-19-8-4-3-5-9-19/h3-14,16H,15,17H2,1-2H3,(H,28,32). The van der Waals surface area contributed by atoms with E-state index in [0.29, 0.717) is 5.16 Å². The zero-order valence-corrected chi connectivity index (χ0v) is 19.8. The number of ether oxygens (including phenoxy) is 1. The van der Waals surface area contributed by atoms with Crippen LogP contribution in [0.4, 0.5) is 5.69 Å². The number of nitrogens with one attached hydrogen (secondary N) is 1. The van der Waals surface area contributed by atoms with Crippen molar-refractivity contribution >= 4 is 39.9 Å². The SMILES string of the molecule is COc1ccc2c(C)cc3nnc(SCC(=O)Nc4ccccc4Cc4ccccc4)n3c2c1. The molecule has 5 aromatic rings. The lowest BCUT2D eigenvalue weighted by atomic mass is 10.0. The molecule has 1 amide bonds. The predicted octanol–water partition coefficient (Wildman–Crippen LogP) is 5.52. The maximum absolute atomic E-state index is 12.9. The first-order valence-corrected chi connectivity index (χ1v) is 12.0. The molecule has 5 rings (SSSR count). The number of benzene rings is 3. The summed E-state index contributed by atoms with van der Waals surface area (Å²) in [5.74, 6) is 0.896.